The average Bonchev–Trinajstić information content (AvgIpc) is 3.16. The molecule has 1 aliphatic heterocycles. The maximum absolute atomic E-state index is 11.9. The Morgan fingerprint density at radius 3 is 2.62 bits per heavy atom. The van der Waals surface area contributed by atoms with E-state index >= 15 is 0 Å². The van der Waals surface area contributed by atoms with Gasteiger partial charge in [0.05, 0.1) is 23.4 Å². The van der Waals surface area contributed by atoms with Crippen LogP contribution in [-0.4, -0.2) is 21.8 Å². The van der Waals surface area contributed by atoms with Gasteiger partial charge in [-0.3, -0.25) is 14.8 Å². The summed E-state index contributed by atoms with van der Waals surface area (Å²) in [4.78, 5) is 20.9. The van der Waals surface area contributed by atoms with Crippen molar-refractivity contribution < 1.29 is 9.32 Å². The van der Waals surface area contributed by atoms with Crippen LogP contribution in [0.4, 0.5) is 0 Å². The largest absolute Gasteiger partial charge is 0.370 e. The molecule has 3 heterocycles. The van der Waals surface area contributed by atoms with Gasteiger partial charge in [0.25, 0.3) is 0 Å². The number of rotatable bonds is 3. The lowest BCUT2D eigenvalue weighted by molar-refractivity contribution is -0.118. The number of primary amides is 1. The van der Waals surface area contributed by atoms with Gasteiger partial charge in [-0.15, -0.1) is 0 Å². The number of fused-ring (bicyclic) bond motifs is 3. The Balaban J connectivity index is 1.72. The minimum atomic E-state index is -0.600. The second-order valence-corrected chi connectivity index (χ2v) is 8.37. The van der Waals surface area contributed by atoms with Crippen LogP contribution in [0.15, 0.2) is 76.5 Å². The van der Waals surface area contributed by atoms with E-state index < -0.39 is 11.9 Å². The smallest absolute Gasteiger partial charge is 0.220 e. The standard InChI is InChI=1S/C27H19ClN4O2/c1-16-25-21-11-6-17(4-5-18-3-2-12-30-15-18)13-22(21)26(19-7-9-20(28)10-8-19)31-23(14-24(29)33)27(25)34-32-16/h2-3,6-13,15,23H,14H2,1H3,(H2,29,33)/t23-/m0/s1. The number of carbonyl (C=O) groups excluding carboxylic acids is 1. The lowest BCUT2D eigenvalue weighted by Gasteiger charge is -2.12. The molecule has 0 fully saturated rings. The maximum Gasteiger partial charge on any atom is 0.220 e. The second kappa shape index (κ2) is 8.97. The van der Waals surface area contributed by atoms with Gasteiger partial charge in [-0.2, -0.15) is 0 Å². The number of halogens is 1. The predicted molar refractivity (Wildman–Crippen MR) is 131 cm³/mol. The molecule has 166 valence electrons. The zero-order chi connectivity index (χ0) is 23.7. The van der Waals surface area contributed by atoms with Gasteiger partial charge in [-0.1, -0.05) is 46.8 Å². The predicted octanol–water partition coefficient (Wildman–Crippen LogP) is 4.87. The summed E-state index contributed by atoms with van der Waals surface area (Å²) >= 11 is 6.13. The number of nitrogens with two attached hydrogens (primary N) is 1. The Morgan fingerprint density at radius 1 is 1.09 bits per heavy atom. The first-order valence-electron chi connectivity index (χ1n) is 10.6. The number of nitrogens with zero attached hydrogens (tertiary/aromatic N) is 3. The van der Waals surface area contributed by atoms with Crippen LogP contribution in [0.25, 0.3) is 11.1 Å². The third-order valence-electron chi connectivity index (χ3n) is 5.55. The van der Waals surface area contributed by atoms with Gasteiger partial charge in [0.15, 0.2) is 5.76 Å². The van der Waals surface area contributed by atoms with Crippen molar-refractivity contribution in [2.45, 2.75) is 19.4 Å². The number of hydrogen-bond acceptors (Lipinski definition) is 5. The van der Waals surface area contributed by atoms with Crippen molar-refractivity contribution in [3.63, 3.8) is 0 Å². The monoisotopic (exact) mass is 466 g/mol. The van der Waals surface area contributed by atoms with Crippen LogP contribution in [0, 0.1) is 18.8 Å². The molecule has 2 aromatic heterocycles. The maximum atomic E-state index is 11.9. The number of amides is 1. The molecule has 34 heavy (non-hydrogen) atoms. The van der Waals surface area contributed by atoms with Crippen LogP contribution in [0.2, 0.25) is 5.02 Å². The normalized spacial score (nSPS) is 14.2. The first-order valence-corrected chi connectivity index (χ1v) is 11.0. The van der Waals surface area contributed by atoms with E-state index in [2.05, 4.69) is 22.0 Å². The van der Waals surface area contributed by atoms with Crippen molar-refractivity contribution in [3.05, 3.63) is 106 Å². The number of hydrogen-bond donors (Lipinski definition) is 1. The van der Waals surface area contributed by atoms with Crippen molar-refractivity contribution in [2.75, 3.05) is 0 Å². The fourth-order valence-electron chi connectivity index (χ4n) is 4.01. The van der Waals surface area contributed by atoms with Crippen molar-refractivity contribution in [1.29, 1.82) is 0 Å². The molecule has 0 saturated heterocycles. The van der Waals surface area contributed by atoms with Crippen LogP contribution >= 0.6 is 11.6 Å². The van der Waals surface area contributed by atoms with E-state index in [9.17, 15) is 4.79 Å². The Hall–Kier alpha value is -4.21. The van der Waals surface area contributed by atoms with E-state index in [1.54, 1.807) is 12.4 Å². The molecule has 7 heteroatoms. The van der Waals surface area contributed by atoms with E-state index in [4.69, 9.17) is 26.9 Å². The zero-order valence-electron chi connectivity index (χ0n) is 18.2. The number of carbonyl (C=O) groups is 1. The lowest BCUT2D eigenvalue weighted by atomic mass is 9.91. The Labute approximate surface area is 201 Å². The van der Waals surface area contributed by atoms with Gasteiger partial charge in [0.1, 0.15) is 6.04 Å². The molecule has 0 radical (unpaired) electrons. The number of aliphatic imine (C=N–C) groups is 1. The molecule has 0 saturated carbocycles. The van der Waals surface area contributed by atoms with Gasteiger partial charge in [0.2, 0.25) is 5.91 Å². The number of benzene rings is 2. The van der Waals surface area contributed by atoms with Gasteiger partial charge in [-0.25, -0.2) is 0 Å². The van der Waals surface area contributed by atoms with Crippen molar-refractivity contribution in [1.82, 2.24) is 10.1 Å². The highest BCUT2D eigenvalue weighted by atomic mass is 35.5. The highest BCUT2D eigenvalue weighted by molar-refractivity contribution is 6.30. The molecule has 2 aromatic carbocycles. The summed E-state index contributed by atoms with van der Waals surface area (Å²) in [6.07, 6.45) is 3.43. The van der Waals surface area contributed by atoms with E-state index in [1.165, 1.54) is 0 Å². The molecular weight excluding hydrogens is 448 g/mol. The lowest BCUT2D eigenvalue weighted by Crippen LogP contribution is -2.15. The molecule has 0 spiro atoms. The summed E-state index contributed by atoms with van der Waals surface area (Å²) < 4.78 is 5.66. The molecule has 5 rings (SSSR count). The van der Waals surface area contributed by atoms with Gasteiger partial charge >= 0.3 is 0 Å². The quantitative estimate of drug-likeness (QED) is 0.436. The molecule has 1 amide bonds. The summed E-state index contributed by atoms with van der Waals surface area (Å²) in [6, 6.07) is 16.5. The topological polar surface area (TPSA) is 94.4 Å². The van der Waals surface area contributed by atoms with Gasteiger partial charge < -0.3 is 10.3 Å². The second-order valence-electron chi connectivity index (χ2n) is 7.93. The SMILES string of the molecule is Cc1noc2c1-c1ccc(C#Cc3cccnc3)cc1C(c1ccc(Cl)cc1)=N[C@H]2CC(N)=O. The molecule has 0 bridgehead atoms. The van der Waals surface area contributed by atoms with E-state index in [0.717, 1.165) is 33.4 Å². The Bertz CT molecular complexity index is 1480. The van der Waals surface area contributed by atoms with Crippen LogP contribution < -0.4 is 5.73 Å². The molecule has 1 atom stereocenters. The number of aryl methyl sites for hydroxylation is 1. The minimum absolute atomic E-state index is 0.000378. The van der Waals surface area contributed by atoms with Crippen molar-refractivity contribution in [3.8, 4) is 23.0 Å². The van der Waals surface area contributed by atoms with Crippen LogP contribution in [-0.2, 0) is 4.79 Å². The zero-order valence-corrected chi connectivity index (χ0v) is 19.0. The molecular formula is C27H19ClN4O2. The van der Waals surface area contributed by atoms with E-state index in [1.807, 2.05) is 61.5 Å². The van der Waals surface area contributed by atoms with Crippen molar-refractivity contribution >= 4 is 23.2 Å². The van der Waals surface area contributed by atoms with Crippen molar-refractivity contribution in [2.24, 2.45) is 10.7 Å². The molecule has 0 aliphatic carbocycles. The Kier molecular flexibility index (Phi) is 5.70. The van der Waals surface area contributed by atoms with Crippen LogP contribution in [0.1, 0.15) is 46.2 Å². The summed E-state index contributed by atoms with van der Waals surface area (Å²) in [6.45, 7) is 1.87. The molecule has 4 aromatic rings. The fraction of sp³-hybridized carbons (Fsp3) is 0.111. The number of pyridine rings is 1. The third-order valence-corrected chi connectivity index (χ3v) is 5.80. The molecule has 2 N–H and O–H groups in total. The van der Waals surface area contributed by atoms with Gasteiger partial charge in [-0.05, 0) is 48.9 Å². The van der Waals surface area contributed by atoms with Gasteiger partial charge in [0, 0.05) is 39.7 Å². The fourth-order valence-corrected chi connectivity index (χ4v) is 4.14. The first-order chi connectivity index (χ1) is 16.5. The minimum Gasteiger partial charge on any atom is -0.370 e. The first kappa shape index (κ1) is 21.6. The van der Waals surface area contributed by atoms with Crippen LogP contribution in [0.3, 0.4) is 0 Å². The molecule has 6 nitrogen and oxygen atoms in total. The van der Waals surface area contributed by atoms with E-state index in [0.29, 0.717) is 22.2 Å². The van der Waals surface area contributed by atoms with E-state index in [-0.39, 0.29) is 6.42 Å². The summed E-state index contributed by atoms with van der Waals surface area (Å²) in [5.41, 5.74) is 12.0. The molecule has 0 unspecified atom stereocenters. The summed E-state index contributed by atoms with van der Waals surface area (Å²) in [5.74, 6) is 6.40. The average molecular weight is 467 g/mol. The summed E-state index contributed by atoms with van der Waals surface area (Å²) in [7, 11) is 0. The van der Waals surface area contributed by atoms with Crippen LogP contribution in [0.5, 0.6) is 0 Å². The highest BCUT2D eigenvalue weighted by Crippen LogP contribution is 2.41. The molecule has 1 aliphatic rings. The third kappa shape index (κ3) is 4.21. The highest BCUT2D eigenvalue weighted by Gasteiger charge is 2.31. The Morgan fingerprint density at radius 2 is 1.88 bits per heavy atom. The number of aromatic nitrogens is 2. The summed E-state index contributed by atoms with van der Waals surface area (Å²) in [5, 5.41) is 4.78.